The molecule has 1 aliphatic heterocycles. The largest absolute Gasteiger partial charge is 0.573 e. The van der Waals surface area contributed by atoms with Gasteiger partial charge in [-0.15, -0.1) is 13.2 Å². The number of ether oxygens (including phenoxy) is 2. The molecule has 164 valence electrons. The molecule has 0 bridgehead atoms. The number of methoxy groups -OCH3 is 1. The highest BCUT2D eigenvalue weighted by Gasteiger charge is 2.34. The van der Waals surface area contributed by atoms with Crippen molar-refractivity contribution in [2.45, 2.75) is 23.7 Å². The van der Waals surface area contributed by atoms with E-state index < -0.39 is 22.1 Å². The second kappa shape index (κ2) is 8.83. The summed E-state index contributed by atoms with van der Waals surface area (Å²) < 4.78 is 73.5. The van der Waals surface area contributed by atoms with Crippen molar-refractivity contribution < 1.29 is 31.1 Å². The number of hydrogen-bond acceptors (Lipinski definition) is 5. The maximum absolute atomic E-state index is 12.6. The van der Waals surface area contributed by atoms with Crippen LogP contribution in [0.15, 0.2) is 53.4 Å². The average molecular weight is 444 g/mol. The Morgan fingerprint density at radius 1 is 1.07 bits per heavy atom. The molecule has 10 heteroatoms. The third kappa shape index (κ3) is 5.44. The molecule has 1 aliphatic rings. The van der Waals surface area contributed by atoms with Crippen LogP contribution in [0.4, 0.5) is 13.2 Å². The van der Waals surface area contributed by atoms with Crippen molar-refractivity contribution in [3.8, 4) is 11.5 Å². The van der Waals surface area contributed by atoms with Gasteiger partial charge in [-0.1, -0.05) is 12.1 Å². The lowest BCUT2D eigenvalue weighted by molar-refractivity contribution is -0.274. The Balaban J connectivity index is 1.68. The summed E-state index contributed by atoms with van der Waals surface area (Å²) in [5, 5.41) is 0. The number of rotatable bonds is 7. The summed E-state index contributed by atoms with van der Waals surface area (Å²) in [5.74, 6) is 0.319. The van der Waals surface area contributed by atoms with Crippen molar-refractivity contribution in [3.05, 3.63) is 54.1 Å². The second-order valence-corrected chi connectivity index (χ2v) is 8.89. The van der Waals surface area contributed by atoms with Crippen molar-refractivity contribution in [3.63, 3.8) is 0 Å². The maximum atomic E-state index is 12.6. The van der Waals surface area contributed by atoms with E-state index in [4.69, 9.17) is 4.74 Å². The molecular weight excluding hydrogens is 421 g/mol. The lowest BCUT2D eigenvalue weighted by atomic mass is 9.94. The first-order valence-electron chi connectivity index (χ1n) is 9.29. The van der Waals surface area contributed by atoms with Crippen LogP contribution in [0.1, 0.15) is 18.0 Å². The average Bonchev–Trinajstić information content (AvgIpc) is 3.06. The van der Waals surface area contributed by atoms with Gasteiger partial charge < -0.3 is 9.47 Å². The molecule has 1 heterocycles. The van der Waals surface area contributed by atoms with Gasteiger partial charge in [0.05, 0.1) is 12.0 Å². The van der Waals surface area contributed by atoms with Crippen LogP contribution in [0, 0.1) is 5.92 Å². The minimum Gasteiger partial charge on any atom is -0.497 e. The molecule has 30 heavy (non-hydrogen) atoms. The topological polar surface area (TPSA) is 67.9 Å². The zero-order valence-corrected chi connectivity index (χ0v) is 17.3. The predicted octanol–water partition coefficient (Wildman–Crippen LogP) is 3.57. The van der Waals surface area contributed by atoms with Gasteiger partial charge in [0.15, 0.2) is 0 Å². The van der Waals surface area contributed by atoms with Crippen molar-refractivity contribution in [2.24, 2.45) is 5.92 Å². The van der Waals surface area contributed by atoms with E-state index in [1.807, 2.05) is 31.3 Å². The Bertz CT molecular complexity index is 948. The highest BCUT2D eigenvalue weighted by molar-refractivity contribution is 7.89. The third-order valence-corrected chi connectivity index (χ3v) is 6.57. The van der Waals surface area contributed by atoms with Crippen LogP contribution in [0.2, 0.25) is 0 Å². The van der Waals surface area contributed by atoms with Gasteiger partial charge in [0.2, 0.25) is 10.0 Å². The van der Waals surface area contributed by atoms with Crippen molar-refractivity contribution in [1.29, 1.82) is 0 Å². The van der Waals surface area contributed by atoms with Crippen LogP contribution in [0.5, 0.6) is 11.5 Å². The summed E-state index contributed by atoms with van der Waals surface area (Å²) in [6.45, 7) is 1.04. The quantitative estimate of drug-likeness (QED) is 0.707. The second-order valence-electron chi connectivity index (χ2n) is 7.12. The first kappa shape index (κ1) is 22.4. The molecule has 0 radical (unpaired) electrons. The molecule has 2 aromatic rings. The van der Waals surface area contributed by atoms with Crippen LogP contribution in [0.25, 0.3) is 0 Å². The number of sulfonamides is 1. The molecule has 0 unspecified atom stereocenters. The summed E-state index contributed by atoms with van der Waals surface area (Å²) in [6, 6.07) is 11.8. The fourth-order valence-corrected chi connectivity index (χ4v) is 4.78. The minimum atomic E-state index is -4.83. The molecule has 6 nitrogen and oxygen atoms in total. The smallest absolute Gasteiger partial charge is 0.497 e. The molecule has 1 saturated heterocycles. The Morgan fingerprint density at radius 3 is 2.23 bits per heavy atom. The SMILES string of the molecule is COc1ccc([C@H]2[C@@H](CNS(=O)(=O)c3ccc(OC(F)(F)F)cc3)CCN2C)cc1. The normalized spacial score (nSPS) is 20.3. The van der Waals surface area contributed by atoms with Crippen LogP contribution in [-0.4, -0.2) is 46.9 Å². The van der Waals surface area contributed by atoms with Gasteiger partial charge in [0.25, 0.3) is 0 Å². The molecule has 3 rings (SSSR count). The molecule has 0 spiro atoms. The Morgan fingerprint density at radius 2 is 1.67 bits per heavy atom. The van der Waals surface area contributed by atoms with Crippen molar-refractivity contribution in [2.75, 3.05) is 27.2 Å². The predicted molar refractivity (Wildman–Crippen MR) is 105 cm³/mol. The number of hydrogen-bond donors (Lipinski definition) is 1. The molecule has 0 aromatic heterocycles. The number of benzene rings is 2. The van der Waals surface area contributed by atoms with Gasteiger partial charge in [-0.25, -0.2) is 13.1 Å². The number of halogens is 3. The first-order chi connectivity index (χ1) is 14.1. The Kier molecular flexibility index (Phi) is 6.59. The Hall–Kier alpha value is -2.30. The third-order valence-electron chi connectivity index (χ3n) is 5.13. The fourth-order valence-electron chi connectivity index (χ4n) is 3.69. The van der Waals surface area contributed by atoms with Crippen LogP contribution >= 0.6 is 0 Å². The molecule has 2 aromatic carbocycles. The van der Waals surface area contributed by atoms with Crippen LogP contribution in [0.3, 0.4) is 0 Å². The van der Waals surface area contributed by atoms with Gasteiger partial charge in [-0.3, -0.25) is 4.90 Å². The summed E-state index contributed by atoms with van der Waals surface area (Å²) in [6.07, 6.45) is -4.02. The number of alkyl halides is 3. The van der Waals surface area contributed by atoms with Gasteiger partial charge in [0, 0.05) is 12.6 Å². The van der Waals surface area contributed by atoms with Crippen molar-refractivity contribution >= 4 is 10.0 Å². The molecule has 2 atom stereocenters. The highest BCUT2D eigenvalue weighted by Crippen LogP contribution is 2.36. The summed E-state index contributed by atoms with van der Waals surface area (Å²) in [7, 11) is -0.285. The van der Waals surface area contributed by atoms with E-state index >= 15 is 0 Å². The monoisotopic (exact) mass is 444 g/mol. The molecule has 0 amide bonds. The lowest BCUT2D eigenvalue weighted by Gasteiger charge is -2.26. The minimum absolute atomic E-state index is 0.0427. The van der Waals surface area contributed by atoms with Crippen LogP contribution < -0.4 is 14.2 Å². The molecule has 1 N–H and O–H groups in total. The van der Waals surface area contributed by atoms with Crippen LogP contribution in [-0.2, 0) is 10.0 Å². The molecule has 0 aliphatic carbocycles. The zero-order valence-electron chi connectivity index (χ0n) is 16.5. The van der Waals surface area contributed by atoms with Gasteiger partial charge in [-0.2, -0.15) is 0 Å². The van der Waals surface area contributed by atoms with E-state index in [0.29, 0.717) is 0 Å². The van der Waals surface area contributed by atoms with E-state index in [0.717, 1.165) is 48.5 Å². The summed E-state index contributed by atoms with van der Waals surface area (Å²) in [5.41, 5.74) is 1.06. The summed E-state index contributed by atoms with van der Waals surface area (Å²) in [4.78, 5) is 2.05. The maximum Gasteiger partial charge on any atom is 0.573 e. The van der Waals surface area contributed by atoms with E-state index in [2.05, 4.69) is 14.4 Å². The Labute approximate surface area is 173 Å². The van der Waals surface area contributed by atoms with Gasteiger partial charge >= 0.3 is 6.36 Å². The molecule has 0 saturated carbocycles. The fraction of sp³-hybridized carbons (Fsp3) is 0.400. The van der Waals surface area contributed by atoms with E-state index in [9.17, 15) is 21.6 Å². The number of nitrogens with one attached hydrogen (secondary N) is 1. The molecular formula is C20H23F3N2O4S. The van der Waals surface area contributed by atoms with Gasteiger partial charge in [-0.05, 0) is 67.9 Å². The lowest BCUT2D eigenvalue weighted by Crippen LogP contribution is -2.32. The molecule has 1 fully saturated rings. The van der Waals surface area contributed by atoms with Crippen molar-refractivity contribution in [1.82, 2.24) is 9.62 Å². The number of likely N-dealkylation sites (tertiary alicyclic amines) is 1. The first-order valence-corrected chi connectivity index (χ1v) is 10.8. The van der Waals surface area contributed by atoms with Gasteiger partial charge in [0.1, 0.15) is 11.5 Å². The highest BCUT2D eigenvalue weighted by atomic mass is 32.2. The standard InChI is InChI=1S/C20H23F3N2O4S/c1-25-12-11-15(19(25)14-3-5-16(28-2)6-4-14)13-24-30(26,27)18-9-7-17(8-10-18)29-20(21,22)23/h3-10,15,19,24H,11-13H2,1-2H3/t15-,19+/m1/s1. The zero-order chi connectivity index (χ0) is 21.9. The van der Waals surface area contributed by atoms with E-state index in [1.165, 1.54) is 0 Å². The summed E-state index contributed by atoms with van der Waals surface area (Å²) >= 11 is 0. The van der Waals surface area contributed by atoms with E-state index in [-0.39, 0.29) is 23.4 Å². The van der Waals surface area contributed by atoms with E-state index in [1.54, 1.807) is 7.11 Å². The number of nitrogens with zero attached hydrogens (tertiary/aromatic N) is 1.